The van der Waals surface area contributed by atoms with E-state index in [1.165, 1.54) is 0 Å². The molecule has 0 radical (unpaired) electrons. The summed E-state index contributed by atoms with van der Waals surface area (Å²) < 4.78 is 0. The molecule has 0 aliphatic heterocycles. The number of hydrogen-bond donors (Lipinski definition) is 2. The van der Waals surface area contributed by atoms with E-state index in [2.05, 4.69) is 15.6 Å². The summed E-state index contributed by atoms with van der Waals surface area (Å²) in [5, 5.41) is 6.38. The third kappa shape index (κ3) is 4.63. The number of rotatable bonds is 4. The second-order valence-corrected chi connectivity index (χ2v) is 4.84. The van der Waals surface area contributed by atoms with E-state index >= 15 is 0 Å². The number of carbonyl (C=O) groups is 1. The van der Waals surface area contributed by atoms with E-state index in [1.807, 2.05) is 39.8 Å². The Kier molecular flexibility index (Phi) is 7.02. The highest BCUT2D eigenvalue weighted by molar-refractivity contribution is 6.34. The fraction of sp³-hybridized carbons (Fsp3) is 0.467. The number of guanidine groups is 1. The van der Waals surface area contributed by atoms with Crippen LogP contribution in [0.2, 0.25) is 5.02 Å². The fourth-order valence-electron chi connectivity index (χ4n) is 2.00. The molecule has 0 aromatic heterocycles. The lowest BCUT2D eigenvalue weighted by Gasteiger charge is -2.24. The molecule has 1 aromatic carbocycles. The van der Waals surface area contributed by atoms with Gasteiger partial charge in [-0.05, 0) is 39.3 Å². The molecule has 2 N–H and O–H groups in total. The average Bonchev–Trinajstić information content (AvgIpc) is 2.43. The van der Waals surface area contributed by atoms with Crippen LogP contribution in [0.1, 0.15) is 26.3 Å². The van der Waals surface area contributed by atoms with Crippen LogP contribution in [-0.2, 0) is 0 Å². The maximum absolute atomic E-state index is 12.5. The van der Waals surface area contributed by atoms with Crippen LogP contribution in [0.15, 0.2) is 23.2 Å². The van der Waals surface area contributed by atoms with E-state index in [9.17, 15) is 4.79 Å². The molecule has 5 nitrogen and oxygen atoms in total. The van der Waals surface area contributed by atoms with Crippen molar-refractivity contribution >= 4 is 29.3 Å². The second-order valence-electron chi connectivity index (χ2n) is 4.43. The lowest BCUT2D eigenvalue weighted by atomic mass is 10.2. The molecular weight excluding hydrogens is 288 g/mol. The number of hydrogen-bond acceptors (Lipinski definition) is 2. The standard InChI is InChI=1S/C15H23ClN4O/c1-5-17-14(18-6-2)19-15(21)20(7-3)13-11(4)9-8-10-12(13)16/h8-10H,5-7H2,1-4H3,(H2,17,18,19,21). The third-order valence-electron chi connectivity index (χ3n) is 2.91. The predicted octanol–water partition coefficient (Wildman–Crippen LogP) is 3.17. The Morgan fingerprint density at radius 2 is 2.05 bits per heavy atom. The van der Waals surface area contributed by atoms with Gasteiger partial charge in [0.05, 0.1) is 10.7 Å². The van der Waals surface area contributed by atoms with Crippen LogP contribution in [0.5, 0.6) is 0 Å². The first kappa shape index (κ1) is 17.3. The van der Waals surface area contributed by atoms with E-state index in [0.717, 1.165) is 11.3 Å². The molecule has 0 aliphatic rings. The van der Waals surface area contributed by atoms with Gasteiger partial charge in [-0.25, -0.2) is 4.79 Å². The van der Waals surface area contributed by atoms with Crippen LogP contribution in [-0.4, -0.2) is 31.6 Å². The molecule has 0 bridgehead atoms. The number of aryl methyl sites for hydroxylation is 1. The third-order valence-corrected chi connectivity index (χ3v) is 3.21. The fourth-order valence-corrected chi connectivity index (χ4v) is 2.33. The van der Waals surface area contributed by atoms with Gasteiger partial charge in [0.15, 0.2) is 5.96 Å². The lowest BCUT2D eigenvalue weighted by Crippen LogP contribution is -2.48. The Morgan fingerprint density at radius 1 is 1.33 bits per heavy atom. The highest BCUT2D eigenvalue weighted by atomic mass is 35.5. The summed E-state index contributed by atoms with van der Waals surface area (Å²) in [6.07, 6.45) is 0. The van der Waals surface area contributed by atoms with Gasteiger partial charge in [0.1, 0.15) is 0 Å². The van der Waals surface area contributed by atoms with Gasteiger partial charge in [-0.1, -0.05) is 23.7 Å². The van der Waals surface area contributed by atoms with Crippen molar-refractivity contribution in [3.63, 3.8) is 0 Å². The molecule has 0 aliphatic carbocycles. The van der Waals surface area contributed by atoms with Gasteiger partial charge in [-0.2, -0.15) is 0 Å². The van der Waals surface area contributed by atoms with E-state index in [1.54, 1.807) is 11.0 Å². The highest BCUT2D eigenvalue weighted by Crippen LogP contribution is 2.29. The minimum atomic E-state index is -0.248. The normalized spacial score (nSPS) is 11.2. The van der Waals surface area contributed by atoms with Crippen LogP contribution >= 0.6 is 11.6 Å². The number of aliphatic imine (C=N–C) groups is 1. The molecule has 0 saturated carbocycles. The van der Waals surface area contributed by atoms with Crippen LogP contribution in [0.25, 0.3) is 0 Å². The number of anilines is 1. The van der Waals surface area contributed by atoms with Crippen molar-refractivity contribution in [1.29, 1.82) is 0 Å². The second kappa shape index (κ2) is 8.52. The Bertz CT molecular complexity index is 496. The Hall–Kier alpha value is -1.75. The van der Waals surface area contributed by atoms with Crippen molar-refractivity contribution in [3.8, 4) is 0 Å². The van der Waals surface area contributed by atoms with Gasteiger partial charge in [0.25, 0.3) is 0 Å². The Labute approximate surface area is 131 Å². The number of benzene rings is 1. The SMILES string of the molecule is CCN=C(NCC)NC(=O)N(CC)c1c(C)cccc1Cl. The van der Waals surface area contributed by atoms with Crippen LogP contribution in [0, 0.1) is 6.92 Å². The zero-order chi connectivity index (χ0) is 15.8. The summed E-state index contributed by atoms with van der Waals surface area (Å²) in [5.74, 6) is 0.480. The van der Waals surface area contributed by atoms with E-state index in [-0.39, 0.29) is 6.03 Å². The molecule has 0 spiro atoms. The summed E-state index contributed by atoms with van der Waals surface area (Å²) in [4.78, 5) is 18.3. The van der Waals surface area contributed by atoms with Crippen molar-refractivity contribution in [2.75, 3.05) is 24.5 Å². The smallest absolute Gasteiger partial charge is 0.328 e. The maximum atomic E-state index is 12.5. The van der Waals surface area contributed by atoms with E-state index in [0.29, 0.717) is 30.6 Å². The minimum absolute atomic E-state index is 0.248. The van der Waals surface area contributed by atoms with Crippen LogP contribution in [0.4, 0.5) is 10.5 Å². The number of nitrogens with zero attached hydrogens (tertiary/aromatic N) is 2. The molecule has 21 heavy (non-hydrogen) atoms. The van der Waals surface area contributed by atoms with Crippen LogP contribution < -0.4 is 15.5 Å². The van der Waals surface area contributed by atoms with Gasteiger partial charge < -0.3 is 5.32 Å². The summed E-state index contributed by atoms with van der Waals surface area (Å²) in [5.41, 5.74) is 1.68. The predicted molar refractivity (Wildman–Crippen MR) is 89.4 cm³/mol. The molecule has 0 fully saturated rings. The first-order valence-electron chi connectivity index (χ1n) is 7.17. The van der Waals surface area contributed by atoms with Crippen molar-refractivity contribution in [2.45, 2.75) is 27.7 Å². The largest absolute Gasteiger partial charge is 0.356 e. The van der Waals surface area contributed by atoms with Crippen LogP contribution in [0.3, 0.4) is 0 Å². The molecule has 1 rings (SSSR count). The number of para-hydroxylation sites is 1. The van der Waals surface area contributed by atoms with Gasteiger partial charge in [0.2, 0.25) is 0 Å². The lowest BCUT2D eigenvalue weighted by molar-refractivity contribution is 0.250. The van der Waals surface area contributed by atoms with Gasteiger partial charge in [-0.15, -0.1) is 0 Å². The maximum Gasteiger partial charge on any atom is 0.328 e. The topological polar surface area (TPSA) is 56.7 Å². The molecule has 0 saturated heterocycles. The van der Waals surface area contributed by atoms with Gasteiger partial charge in [0, 0.05) is 19.6 Å². The van der Waals surface area contributed by atoms with E-state index < -0.39 is 0 Å². The number of nitrogens with one attached hydrogen (secondary N) is 2. The van der Waals surface area contributed by atoms with Crippen molar-refractivity contribution in [3.05, 3.63) is 28.8 Å². The summed E-state index contributed by atoms with van der Waals surface area (Å²) >= 11 is 6.24. The number of urea groups is 1. The van der Waals surface area contributed by atoms with Crippen molar-refractivity contribution < 1.29 is 4.79 Å². The number of carbonyl (C=O) groups excluding carboxylic acids is 1. The summed E-state index contributed by atoms with van der Waals surface area (Å²) in [6, 6.07) is 5.34. The zero-order valence-corrected chi connectivity index (χ0v) is 13.8. The molecule has 0 heterocycles. The molecule has 6 heteroatoms. The first-order valence-corrected chi connectivity index (χ1v) is 7.54. The highest BCUT2D eigenvalue weighted by Gasteiger charge is 2.19. The van der Waals surface area contributed by atoms with Gasteiger partial charge >= 0.3 is 6.03 Å². The molecule has 2 amide bonds. The minimum Gasteiger partial charge on any atom is -0.356 e. The van der Waals surface area contributed by atoms with E-state index in [4.69, 9.17) is 11.6 Å². The zero-order valence-electron chi connectivity index (χ0n) is 13.0. The van der Waals surface area contributed by atoms with Crippen molar-refractivity contribution in [2.24, 2.45) is 4.99 Å². The molecule has 0 atom stereocenters. The first-order chi connectivity index (χ1) is 10.0. The number of amides is 2. The summed E-state index contributed by atoms with van der Waals surface area (Å²) in [6.45, 7) is 9.51. The molecule has 0 unspecified atom stereocenters. The molecule has 116 valence electrons. The average molecular weight is 311 g/mol. The Morgan fingerprint density at radius 3 is 2.57 bits per heavy atom. The summed E-state index contributed by atoms with van der Waals surface area (Å²) in [7, 11) is 0. The quantitative estimate of drug-likeness (QED) is 0.663. The van der Waals surface area contributed by atoms with Gasteiger partial charge in [-0.3, -0.25) is 15.2 Å². The monoisotopic (exact) mass is 310 g/mol. The molecular formula is C15H23ClN4O. The Balaban J connectivity index is 2.99. The van der Waals surface area contributed by atoms with Crippen molar-refractivity contribution in [1.82, 2.24) is 10.6 Å². The molecule has 1 aromatic rings. The number of halogens is 1.